The number of halogens is 3. The Morgan fingerprint density at radius 3 is 2.18 bits per heavy atom. The topological polar surface area (TPSA) is 77.1 Å². The maximum Gasteiger partial charge on any atom is 0.417 e. The first-order valence-corrected chi connectivity index (χ1v) is 8.90. The first kappa shape index (κ1) is 20.1. The summed E-state index contributed by atoms with van der Waals surface area (Å²) in [6, 6.07) is 1.71. The molecule has 2 aliphatic rings. The highest BCUT2D eigenvalue weighted by molar-refractivity contribution is 6.44. The Labute approximate surface area is 159 Å². The predicted octanol–water partition coefficient (Wildman–Crippen LogP) is 1.38. The molecule has 0 saturated carbocycles. The zero-order valence-corrected chi connectivity index (χ0v) is 15.3. The minimum absolute atomic E-state index is 0.0118. The number of rotatable bonds is 5. The zero-order valence-electron chi connectivity index (χ0n) is 15.3. The van der Waals surface area contributed by atoms with Gasteiger partial charge in [-0.1, -0.05) is 6.92 Å². The lowest BCUT2D eigenvalue weighted by atomic mass is 10.2. The van der Waals surface area contributed by atoms with E-state index < -0.39 is 29.6 Å². The van der Waals surface area contributed by atoms with Gasteiger partial charge < -0.3 is 4.90 Å². The van der Waals surface area contributed by atoms with E-state index in [1.165, 1.54) is 6.07 Å². The van der Waals surface area contributed by atoms with E-state index in [2.05, 4.69) is 4.98 Å². The summed E-state index contributed by atoms with van der Waals surface area (Å²) in [4.78, 5) is 45.6. The molecule has 152 valence electrons. The van der Waals surface area contributed by atoms with Crippen molar-refractivity contribution < 1.29 is 27.6 Å². The summed E-state index contributed by atoms with van der Waals surface area (Å²) >= 11 is 0. The SMILES string of the molecule is CCCN1C(=O)C(=O)N(CN2CCN(c3ccc(C(F)(F)F)cn3)CC2)C1=O. The molecule has 0 unspecified atom stereocenters. The van der Waals surface area contributed by atoms with Gasteiger partial charge in [-0.3, -0.25) is 19.4 Å². The average Bonchev–Trinajstić information content (AvgIpc) is 2.86. The number of nitrogens with zero attached hydrogens (tertiary/aromatic N) is 5. The Hall–Kier alpha value is -2.69. The van der Waals surface area contributed by atoms with Crippen LogP contribution >= 0.6 is 0 Å². The number of alkyl halides is 3. The number of imide groups is 2. The predicted molar refractivity (Wildman–Crippen MR) is 92.1 cm³/mol. The maximum absolute atomic E-state index is 12.6. The third-order valence-electron chi connectivity index (χ3n) is 4.70. The van der Waals surface area contributed by atoms with Gasteiger partial charge in [-0.2, -0.15) is 13.2 Å². The van der Waals surface area contributed by atoms with Crippen molar-refractivity contribution in [3.63, 3.8) is 0 Å². The lowest BCUT2D eigenvalue weighted by Gasteiger charge is -2.36. The van der Waals surface area contributed by atoms with Crippen LogP contribution < -0.4 is 4.90 Å². The van der Waals surface area contributed by atoms with Gasteiger partial charge in [0.1, 0.15) is 5.82 Å². The molecule has 3 heterocycles. The molecule has 2 aliphatic heterocycles. The summed E-state index contributed by atoms with van der Waals surface area (Å²) in [5, 5.41) is 0. The van der Waals surface area contributed by atoms with Crippen molar-refractivity contribution in [2.45, 2.75) is 19.5 Å². The van der Waals surface area contributed by atoms with E-state index in [9.17, 15) is 27.6 Å². The molecule has 2 fully saturated rings. The highest BCUT2D eigenvalue weighted by Gasteiger charge is 2.44. The summed E-state index contributed by atoms with van der Waals surface area (Å²) in [7, 11) is 0. The molecular weight excluding hydrogens is 379 g/mol. The molecule has 3 rings (SSSR count). The molecule has 0 aliphatic carbocycles. The molecule has 0 N–H and O–H groups in total. The number of anilines is 1. The van der Waals surface area contributed by atoms with Crippen molar-refractivity contribution in [1.29, 1.82) is 0 Å². The molecular formula is C17H20F3N5O3. The number of carbonyl (C=O) groups excluding carboxylic acids is 3. The normalized spacial score (nSPS) is 19.1. The van der Waals surface area contributed by atoms with Crippen molar-refractivity contribution in [3.8, 4) is 0 Å². The summed E-state index contributed by atoms with van der Waals surface area (Å²) in [6.45, 7) is 3.92. The number of carbonyl (C=O) groups is 3. The van der Waals surface area contributed by atoms with Gasteiger partial charge in [0.2, 0.25) is 0 Å². The van der Waals surface area contributed by atoms with Crippen LogP contribution in [0.2, 0.25) is 0 Å². The van der Waals surface area contributed by atoms with Crippen LogP contribution in [0.4, 0.5) is 23.8 Å². The van der Waals surface area contributed by atoms with Gasteiger partial charge in [-0.25, -0.2) is 14.7 Å². The average molecular weight is 399 g/mol. The lowest BCUT2D eigenvalue weighted by Crippen LogP contribution is -2.51. The molecule has 0 spiro atoms. The molecule has 0 aromatic carbocycles. The molecule has 2 saturated heterocycles. The van der Waals surface area contributed by atoms with E-state index in [-0.39, 0.29) is 13.2 Å². The van der Waals surface area contributed by atoms with Crippen LogP contribution in [0.1, 0.15) is 18.9 Å². The standard InChI is InChI=1S/C17H20F3N5O3/c1-2-5-24-14(26)15(27)25(16(24)28)11-22-6-8-23(9-7-22)13-4-3-12(10-21-13)17(18,19)20/h3-4,10H,2,5-9,11H2,1H3. The molecule has 1 aromatic rings. The Balaban J connectivity index is 1.56. The molecule has 0 atom stereocenters. The second-order valence-corrected chi connectivity index (χ2v) is 6.62. The van der Waals surface area contributed by atoms with Crippen LogP contribution in [0.25, 0.3) is 0 Å². The van der Waals surface area contributed by atoms with E-state index in [0.29, 0.717) is 38.4 Å². The van der Waals surface area contributed by atoms with Gasteiger partial charge in [-0.05, 0) is 18.6 Å². The zero-order chi connectivity index (χ0) is 20.5. The van der Waals surface area contributed by atoms with Gasteiger partial charge in [-0.15, -0.1) is 0 Å². The Morgan fingerprint density at radius 2 is 1.64 bits per heavy atom. The maximum atomic E-state index is 12.6. The smallest absolute Gasteiger partial charge is 0.354 e. The van der Waals surface area contributed by atoms with Crippen LogP contribution in [-0.2, 0) is 15.8 Å². The van der Waals surface area contributed by atoms with E-state index in [1.807, 2.05) is 16.7 Å². The van der Waals surface area contributed by atoms with Crippen LogP contribution in [0.3, 0.4) is 0 Å². The van der Waals surface area contributed by atoms with Gasteiger partial charge in [0.05, 0.1) is 12.2 Å². The quantitative estimate of drug-likeness (QED) is 0.550. The van der Waals surface area contributed by atoms with Crippen molar-refractivity contribution in [1.82, 2.24) is 19.7 Å². The largest absolute Gasteiger partial charge is 0.417 e. The first-order valence-electron chi connectivity index (χ1n) is 8.90. The first-order chi connectivity index (χ1) is 13.2. The van der Waals surface area contributed by atoms with Crippen LogP contribution in [0, 0.1) is 0 Å². The van der Waals surface area contributed by atoms with Crippen LogP contribution in [-0.4, -0.2) is 76.9 Å². The van der Waals surface area contributed by atoms with Crippen molar-refractivity contribution in [3.05, 3.63) is 23.9 Å². The minimum atomic E-state index is -4.43. The van der Waals surface area contributed by atoms with Crippen LogP contribution in [0.5, 0.6) is 0 Å². The highest BCUT2D eigenvalue weighted by Crippen LogP contribution is 2.29. The van der Waals surface area contributed by atoms with Gasteiger partial charge in [0, 0.05) is 38.9 Å². The second kappa shape index (κ2) is 7.74. The van der Waals surface area contributed by atoms with E-state index in [1.54, 1.807) is 0 Å². The summed E-state index contributed by atoms with van der Waals surface area (Å²) in [6.07, 6.45) is -3.06. The lowest BCUT2D eigenvalue weighted by molar-refractivity contribution is -0.144. The number of hydrogen-bond donors (Lipinski definition) is 0. The van der Waals surface area contributed by atoms with E-state index in [4.69, 9.17) is 0 Å². The van der Waals surface area contributed by atoms with E-state index >= 15 is 0 Å². The number of hydrogen-bond acceptors (Lipinski definition) is 6. The Bertz CT molecular complexity index is 760. The molecule has 4 amide bonds. The third-order valence-corrected chi connectivity index (χ3v) is 4.70. The molecule has 11 heteroatoms. The fraction of sp³-hybridized carbons (Fsp3) is 0.529. The molecule has 0 bridgehead atoms. The van der Waals surface area contributed by atoms with Gasteiger partial charge in [0.15, 0.2) is 0 Å². The van der Waals surface area contributed by atoms with Crippen molar-refractivity contribution >= 4 is 23.7 Å². The molecule has 0 radical (unpaired) electrons. The Morgan fingerprint density at radius 1 is 1.00 bits per heavy atom. The number of pyridine rings is 1. The van der Waals surface area contributed by atoms with Gasteiger partial charge >= 0.3 is 24.0 Å². The number of urea groups is 1. The van der Waals surface area contributed by atoms with E-state index in [0.717, 1.165) is 22.1 Å². The van der Waals surface area contributed by atoms with Crippen molar-refractivity contribution in [2.75, 3.05) is 44.3 Å². The summed E-state index contributed by atoms with van der Waals surface area (Å²) < 4.78 is 37.9. The number of aromatic nitrogens is 1. The number of piperazine rings is 1. The fourth-order valence-corrected chi connectivity index (χ4v) is 3.16. The molecule has 1 aromatic heterocycles. The monoisotopic (exact) mass is 399 g/mol. The van der Waals surface area contributed by atoms with Gasteiger partial charge in [0.25, 0.3) is 0 Å². The summed E-state index contributed by atoms with van der Waals surface area (Å²) in [5.41, 5.74) is -0.803. The highest BCUT2D eigenvalue weighted by atomic mass is 19.4. The summed E-state index contributed by atoms with van der Waals surface area (Å²) in [5.74, 6) is -1.20. The fourth-order valence-electron chi connectivity index (χ4n) is 3.16. The third kappa shape index (κ3) is 3.93. The van der Waals surface area contributed by atoms with Crippen molar-refractivity contribution in [2.24, 2.45) is 0 Å². The Kier molecular flexibility index (Phi) is 5.54. The molecule has 28 heavy (non-hydrogen) atoms. The molecule has 8 nitrogen and oxygen atoms in total. The second-order valence-electron chi connectivity index (χ2n) is 6.62. The van der Waals surface area contributed by atoms with Crippen LogP contribution in [0.15, 0.2) is 18.3 Å². The minimum Gasteiger partial charge on any atom is -0.354 e. The number of amides is 4.